The number of carbonyl (C=O) groups is 3. The number of aliphatic hydroxyl groups is 1. The maximum atomic E-state index is 13.3. The summed E-state index contributed by atoms with van der Waals surface area (Å²) in [7, 11) is 1.30. The minimum atomic E-state index is -0.807. The highest BCUT2D eigenvalue weighted by Crippen LogP contribution is 2.40. The van der Waals surface area contributed by atoms with E-state index in [4.69, 9.17) is 9.47 Å². The first-order valence-corrected chi connectivity index (χ1v) is 12.2. The van der Waals surface area contributed by atoms with Crippen LogP contribution in [-0.2, 0) is 27.2 Å². The van der Waals surface area contributed by atoms with Crippen LogP contribution in [0.3, 0.4) is 0 Å². The van der Waals surface area contributed by atoms with Crippen LogP contribution in [0.25, 0.3) is 5.76 Å². The standard InChI is InChI=1S/C30H27NO6/c1-18-16-23-17-22(12-13-24(23)37-18)27(32)25-26(20-8-10-21(11-9-20)30(35)36-2)31(29(34)28(25)33)15-14-19-6-4-3-5-7-19/h3-13,17-18,26,32H,14-16H2,1-2H3/b27-25+/t18-,26+/m1/s1. The molecule has 7 heteroatoms. The van der Waals surface area contributed by atoms with E-state index >= 15 is 0 Å². The Kier molecular flexibility index (Phi) is 6.53. The Morgan fingerprint density at radius 3 is 2.43 bits per heavy atom. The van der Waals surface area contributed by atoms with Gasteiger partial charge in [0, 0.05) is 18.5 Å². The van der Waals surface area contributed by atoms with Gasteiger partial charge in [-0.1, -0.05) is 42.5 Å². The highest BCUT2D eigenvalue weighted by molar-refractivity contribution is 6.46. The quantitative estimate of drug-likeness (QED) is 0.234. The Labute approximate surface area is 214 Å². The minimum absolute atomic E-state index is 0.0239. The fraction of sp³-hybridized carbons (Fsp3) is 0.233. The van der Waals surface area contributed by atoms with Gasteiger partial charge >= 0.3 is 5.97 Å². The first kappa shape index (κ1) is 24.3. The number of esters is 1. The van der Waals surface area contributed by atoms with E-state index in [-0.39, 0.29) is 24.0 Å². The van der Waals surface area contributed by atoms with Crippen LogP contribution in [0.5, 0.6) is 5.75 Å². The molecule has 3 aromatic carbocycles. The van der Waals surface area contributed by atoms with Crippen molar-refractivity contribution in [3.63, 3.8) is 0 Å². The third-order valence-corrected chi connectivity index (χ3v) is 6.84. The van der Waals surface area contributed by atoms with Gasteiger partial charge < -0.3 is 19.5 Å². The summed E-state index contributed by atoms with van der Waals surface area (Å²) in [5, 5.41) is 11.4. The molecule has 1 fully saturated rings. The Bertz CT molecular complexity index is 1390. The van der Waals surface area contributed by atoms with Crippen LogP contribution in [0.15, 0.2) is 78.4 Å². The highest BCUT2D eigenvalue weighted by Gasteiger charge is 2.46. The summed E-state index contributed by atoms with van der Waals surface area (Å²) < 4.78 is 10.6. The largest absolute Gasteiger partial charge is 0.507 e. The summed E-state index contributed by atoms with van der Waals surface area (Å²) in [6.45, 7) is 2.25. The molecule has 0 saturated carbocycles. The van der Waals surface area contributed by atoms with Crippen molar-refractivity contribution in [2.45, 2.75) is 31.9 Å². The highest BCUT2D eigenvalue weighted by atomic mass is 16.5. The monoisotopic (exact) mass is 497 g/mol. The van der Waals surface area contributed by atoms with E-state index in [0.717, 1.165) is 16.9 Å². The fourth-order valence-corrected chi connectivity index (χ4v) is 5.00. The molecule has 1 N–H and O–H groups in total. The van der Waals surface area contributed by atoms with Gasteiger partial charge in [-0.15, -0.1) is 0 Å². The first-order chi connectivity index (χ1) is 17.9. The van der Waals surface area contributed by atoms with Crippen LogP contribution in [0, 0.1) is 0 Å². The number of likely N-dealkylation sites (tertiary alicyclic amines) is 1. The number of ketones is 1. The second kappa shape index (κ2) is 9.93. The molecule has 0 radical (unpaired) electrons. The molecule has 1 amide bonds. The Balaban J connectivity index is 1.57. The minimum Gasteiger partial charge on any atom is -0.507 e. The van der Waals surface area contributed by atoms with Crippen molar-refractivity contribution in [3.8, 4) is 5.75 Å². The van der Waals surface area contributed by atoms with Crippen molar-refractivity contribution >= 4 is 23.4 Å². The number of fused-ring (bicyclic) bond motifs is 1. The average Bonchev–Trinajstić information content (AvgIpc) is 3.42. The van der Waals surface area contributed by atoms with Crippen molar-refractivity contribution in [2.75, 3.05) is 13.7 Å². The number of nitrogens with zero attached hydrogens (tertiary/aromatic N) is 1. The van der Waals surface area contributed by atoms with E-state index < -0.39 is 23.7 Å². The van der Waals surface area contributed by atoms with Crippen LogP contribution in [0.1, 0.15) is 45.6 Å². The van der Waals surface area contributed by atoms with Crippen molar-refractivity contribution < 1.29 is 29.0 Å². The average molecular weight is 498 g/mol. The van der Waals surface area contributed by atoms with Gasteiger partial charge in [-0.25, -0.2) is 4.79 Å². The molecule has 0 aliphatic carbocycles. The topological polar surface area (TPSA) is 93.1 Å². The molecule has 7 nitrogen and oxygen atoms in total. The second-order valence-corrected chi connectivity index (χ2v) is 9.30. The maximum Gasteiger partial charge on any atom is 0.337 e. The molecule has 0 unspecified atom stereocenters. The molecule has 37 heavy (non-hydrogen) atoms. The zero-order valence-electron chi connectivity index (χ0n) is 20.6. The number of carbonyl (C=O) groups excluding carboxylic acids is 3. The molecular weight excluding hydrogens is 470 g/mol. The van der Waals surface area contributed by atoms with E-state index in [0.29, 0.717) is 29.5 Å². The number of hydrogen-bond donors (Lipinski definition) is 1. The molecule has 1 saturated heterocycles. The van der Waals surface area contributed by atoms with Gasteiger partial charge in [0.2, 0.25) is 0 Å². The van der Waals surface area contributed by atoms with Crippen molar-refractivity contribution in [3.05, 3.63) is 106 Å². The zero-order valence-corrected chi connectivity index (χ0v) is 20.6. The molecule has 2 heterocycles. The lowest BCUT2D eigenvalue weighted by Gasteiger charge is -2.25. The van der Waals surface area contributed by atoms with E-state index in [9.17, 15) is 19.5 Å². The Hall–Kier alpha value is -4.39. The van der Waals surface area contributed by atoms with E-state index in [1.807, 2.05) is 43.3 Å². The number of aliphatic hydroxyl groups excluding tert-OH is 1. The number of hydrogen-bond acceptors (Lipinski definition) is 6. The lowest BCUT2D eigenvalue weighted by atomic mass is 9.93. The first-order valence-electron chi connectivity index (χ1n) is 12.2. The van der Waals surface area contributed by atoms with Crippen LogP contribution < -0.4 is 4.74 Å². The molecule has 2 aliphatic heterocycles. The molecule has 2 aliphatic rings. The number of amides is 1. The number of ether oxygens (including phenoxy) is 2. The number of Topliss-reactive ketones (excluding diaryl/α,β-unsaturated/α-hetero) is 1. The summed E-state index contributed by atoms with van der Waals surface area (Å²) in [6, 6.07) is 20.7. The summed E-state index contributed by atoms with van der Waals surface area (Å²) in [5.41, 5.74) is 3.40. The van der Waals surface area contributed by atoms with Crippen molar-refractivity contribution in [1.29, 1.82) is 0 Å². The van der Waals surface area contributed by atoms with Crippen LogP contribution >= 0.6 is 0 Å². The molecule has 0 spiro atoms. The predicted octanol–water partition coefficient (Wildman–Crippen LogP) is 4.46. The molecule has 5 rings (SSSR count). The number of rotatable bonds is 6. The van der Waals surface area contributed by atoms with Gasteiger partial charge in [-0.2, -0.15) is 0 Å². The van der Waals surface area contributed by atoms with Gasteiger partial charge in [0.05, 0.1) is 24.3 Å². The van der Waals surface area contributed by atoms with Gasteiger partial charge in [0.25, 0.3) is 11.7 Å². The fourth-order valence-electron chi connectivity index (χ4n) is 5.00. The van der Waals surface area contributed by atoms with Gasteiger partial charge in [-0.3, -0.25) is 9.59 Å². The van der Waals surface area contributed by atoms with Gasteiger partial charge in [0.15, 0.2) is 0 Å². The smallest absolute Gasteiger partial charge is 0.337 e. The molecular formula is C30H27NO6. The summed E-state index contributed by atoms with van der Waals surface area (Å²) >= 11 is 0. The maximum absolute atomic E-state index is 13.3. The molecule has 2 atom stereocenters. The van der Waals surface area contributed by atoms with E-state index in [1.54, 1.807) is 36.4 Å². The van der Waals surface area contributed by atoms with Crippen molar-refractivity contribution in [1.82, 2.24) is 4.90 Å². The Morgan fingerprint density at radius 2 is 1.73 bits per heavy atom. The molecule has 3 aromatic rings. The lowest BCUT2D eigenvalue weighted by Crippen LogP contribution is -2.31. The summed E-state index contributed by atoms with van der Waals surface area (Å²) in [4.78, 5) is 40.0. The van der Waals surface area contributed by atoms with E-state index in [2.05, 4.69) is 0 Å². The predicted molar refractivity (Wildman–Crippen MR) is 137 cm³/mol. The molecule has 0 aromatic heterocycles. The van der Waals surface area contributed by atoms with Crippen molar-refractivity contribution in [2.24, 2.45) is 0 Å². The van der Waals surface area contributed by atoms with Crippen LogP contribution in [0.4, 0.5) is 0 Å². The lowest BCUT2D eigenvalue weighted by molar-refractivity contribution is -0.139. The molecule has 0 bridgehead atoms. The zero-order chi connectivity index (χ0) is 26.1. The van der Waals surface area contributed by atoms with Crippen LogP contribution in [0.2, 0.25) is 0 Å². The normalized spacial score (nSPS) is 20.0. The van der Waals surface area contributed by atoms with Crippen LogP contribution in [-0.4, -0.2) is 47.4 Å². The Morgan fingerprint density at radius 1 is 1.03 bits per heavy atom. The SMILES string of the molecule is COC(=O)c1ccc([C@H]2/C(=C(\O)c3ccc4c(c3)C[C@@H](C)O4)C(=O)C(=O)N2CCc2ccccc2)cc1. The van der Waals surface area contributed by atoms with Gasteiger partial charge in [-0.05, 0) is 60.4 Å². The second-order valence-electron chi connectivity index (χ2n) is 9.30. The number of benzene rings is 3. The van der Waals surface area contributed by atoms with Gasteiger partial charge in [0.1, 0.15) is 17.6 Å². The summed E-state index contributed by atoms with van der Waals surface area (Å²) in [5.74, 6) is -1.37. The summed E-state index contributed by atoms with van der Waals surface area (Å²) in [6.07, 6.45) is 1.27. The third kappa shape index (κ3) is 4.60. The molecule has 188 valence electrons. The van der Waals surface area contributed by atoms with E-state index in [1.165, 1.54) is 12.0 Å². The number of methoxy groups -OCH3 is 1. The third-order valence-electron chi connectivity index (χ3n) is 6.84.